The van der Waals surface area contributed by atoms with Gasteiger partial charge in [0.25, 0.3) is 0 Å². The lowest BCUT2D eigenvalue weighted by molar-refractivity contribution is -0.238. The Balaban J connectivity index is 1.54. The zero-order valence-corrected chi connectivity index (χ0v) is 21.6. The lowest BCUT2D eigenvalue weighted by Crippen LogP contribution is -2.65. The van der Waals surface area contributed by atoms with Crippen LogP contribution in [-0.4, -0.2) is 0 Å². The number of hydrogen-bond acceptors (Lipinski definition) is 0. The van der Waals surface area contributed by atoms with Gasteiger partial charge in [0.05, 0.1) is 0 Å². The molecule has 0 N–H and O–H groups in total. The fourth-order valence-electron chi connectivity index (χ4n) is 11.7. The van der Waals surface area contributed by atoms with E-state index in [0.29, 0.717) is 27.1 Å². The lowest BCUT2D eigenvalue weighted by atomic mass is 9.32. The molecule has 0 aliphatic heterocycles. The lowest BCUT2D eigenvalue weighted by Gasteiger charge is -2.73. The van der Waals surface area contributed by atoms with Gasteiger partial charge in [-0.15, -0.1) is 0 Å². The number of allylic oxidation sites excluding steroid dienone is 2. The fraction of sp³-hybridized carbons (Fsp3) is 0.933. The fourth-order valence-corrected chi connectivity index (χ4v) is 11.7. The third kappa shape index (κ3) is 2.46. The highest BCUT2D eigenvalue weighted by molar-refractivity contribution is 5.27. The zero-order valence-electron chi connectivity index (χ0n) is 21.6. The smallest absolute Gasteiger partial charge is 0.0144 e. The first-order valence-corrected chi connectivity index (χ1v) is 13.6. The number of fused-ring (bicyclic) bond motifs is 7. The molecule has 0 heteroatoms. The topological polar surface area (TPSA) is 0 Å². The van der Waals surface area contributed by atoms with Crippen molar-refractivity contribution in [3.63, 3.8) is 0 Å². The van der Waals surface area contributed by atoms with Crippen molar-refractivity contribution < 1.29 is 0 Å². The van der Waals surface area contributed by atoms with Crippen LogP contribution in [0.25, 0.3) is 0 Å². The van der Waals surface area contributed by atoms with Gasteiger partial charge >= 0.3 is 0 Å². The Morgan fingerprint density at radius 3 is 1.87 bits per heavy atom. The molecule has 0 aromatic rings. The largest absolute Gasteiger partial charge is 0.0769 e. The molecule has 5 saturated carbocycles. The van der Waals surface area contributed by atoms with Gasteiger partial charge in [0.1, 0.15) is 0 Å². The standard InChI is InChI=1S/C30H50/c1-20(2)21-12-17-27(5)22(21)13-18-29(7)24(27)10-11-25-28(6)16-9-15-26(3,4)23(28)14-19-30(25,29)8/h22-25H,9-19H2,1-8H3/t22-,23?,24?,25?,27-,28-,29+,30+/m0/s1. The van der Waals surface area contributed by atoms with Crippen LogP contribution in [0.15, 0.2) is 11.1 Å². The number of rotatable bonds is 0. The Hall–Kier alpha value is -0.260. The molecule has 170 valence electrons. The summed E-state index contributed by atoms with van der Waals surface area (Å²) < 4.78 is 0. The normalized spacial score (nSPS) is 54.6. The molecule has 0 saturated heterocycles. The van der Waals surface area contributed by atoms with Crippen LogP contribution in [0.2, 0.25) is 0 Å². The Morgan fingerprint density at radius 1 is 0.633 bits per heavy atom. The summed E-state index contributed by atoms with van der Waals surface area (Å²) in [5.41, 5.74) is 6.31. The second-order valence-corrected chi connectivity index (χ2v) is 14.6. The summed E-state index contributed by atoms with van der Waals surface area (Å²) in [6.07, 6.45) is 16.3. The molecule has 8 atom stereocenters. The molecule has 0 aromatic heterocycles. The SMILES string of the molecule is CC(C)=C1CC[C@]2(C)C3CCC4[C@@]5(C)CCCC(C)(C)C5CC[C@@]4(C)[C@]3(C)CC[C@@H]12. The van der Waals surface area contributed by atoms with Gasteiger partial charge in [0, 0.05) is 0 Å². The van der Waals surface area contributed by atoms with Crippen LogP contribution in [0.1, 0.15) is 126 Å². The van der Waals surface area contributed by atoms with Gasteiger partial charge in [0.2, 0.25) is 0 Å². The van der Waals surface area contributed by atoms with E-state index in [4.69, 9.17) is 0 Å². The van der Waals surface area contributed by atoms with Crippen molar-refractivity contribution in [1.82, 2.24) is 0 Å². The second kappa shape index (κ2) is 6.41. The van der Waals surface area contributed by atoms with Crippen LogP contribution in [-0.2, 0) is 0 Å². The van der Waals surface area contributed by atoms with Crippen molar-refractivity contribution in [2.45, 2.75) is 126 Å². The van der Waals surface area contributed by atoms with E-state index in [1.54, 1.807) is 5.57 Å². The van der Waals surface area contributed by atoms with Crippen LogP contribution >= 0.6 is 0 Å². The van der Waals surface area contributed by atoms with Gasteiger partial charge in [-0.3, -0.25) is 0 Å². The van der Waals surface area contributed by atoms with E-state index in [1.165, 1.54) is 70.6 Å². The summed E-state index contributed by atoms with van der Waals surface area (Å²) >= 11 is 0. The molecule has 0 heterocycles. The van der Waals surface area contributed by atoms with Gasteiger partial charge < -0.3 is 0 Å². The zero-order chi connectivity index (χ0) is 21.7. The summed E-state index contributed by atoms with van der Waals surface area (Å²) in [4.78, 5) is 0. The molecule has 0 amide bonds. The molecule has 3 unspecified atom stereocenters. The highest BCUT2D eigenvalue weighted by Gasteiger charge is 2.69. The van der Waals surface area contributed by atoms with E-state index in [9.17, 15) is 0 Å². The van der Waals surface area contributed by atoms with Gasteiger partial charge in [0.15, 0.2) is 0 Å². The van der Waals surface area contributed by atoms with Crippen LogP contribution in [0, 0.1) is 50.7 Å². The molecular weight excluding hydrogens is 360 g/mol. The average molecular weight is 411 g/mol. The first kappa shape index (κ1) is 21.6. The van der Waals surface area contributed by atoms with Gasteiger partial charge in [-0.2, -0.15) is 0 Å². The van der Waals surface area contributed by atoms with Crippen LogP contribution in [0.5, 0.6) is 0 Å². The maximum Gasteiger partial charge on any atom is -0.0144 e. The van der Waals surface area contributed by atoms with E-state index in [1.807, 2.05) is 5.57 Å². The Morgan fingerprint density at radius 2 is 1.23 bits per heavy atom. The monoisotopic (exact) mass is 410 g/mol. The van der Waals surface area contributed by atoms with Crippen LogP contribution < -0.4 is 0 Å². The summed E-state index contributed by atoms with van der Waals surface area (Å²) in [5.74, 6) is 3.74. The van der Waals surface area contributed by atoms with Gasteiger partial charge in [-0.05, 0) is 129 Å². The molecule has 0 radical (unpaired) electrons. The highest BCUT2D eigenvalue weighted by Crippen LogP contribution is 2.77. The van der Waals surface area contributed by atoms with Crippen LogP contribution in [0.4, 0.5) is 0 Å². The minimum Gasteiger partial charge on any atom is -0.0769 e. The van der Waals surface area contributed by atoms with Crippen molar-refractivity contribution in [2.75, 3.05) is 0 Å². The third-order valence-corrected chi connectivity index (χ3v) is 13.2. The van der Waals surface area contributed by atoms with Crippen LogP contribution in [0.3, 0.4) is 0 Å². The molecule has 5 fully saturated rings. The summed E-state index contributed by atoms with van der Waals surface area (Å²) in [6, 6.07) is 0. The van der Waals surface area contributed by atoms with Crippen molar-refractivity contribution in [1.29, 1.82) is 0 Å². The minimum atomic E-state index is 0.549. The molecule has 5 aliphatic rings. The van der Waals surface area contributed by atoms with Gasteiger partial charge in [-0.25, -0.2) is 0 Å². The molecule has 0 aromatic carbocycles. The summed E-state index contributed by atoms with van der Waals surface area (Å²) in [5, 5.41) is 0. The summed E-state index contributed by atoms with van der Waals surface area (Å²) in [7, 11) is 0. The van der Waals surface area contributed by atoms with E-state index >= 15 is 0 Å². The molecule has 0 bridgehead atoms. The Labute approximate surface area is 188 Å². The molecule has 0 nitrogen and oxygen atoms in total. The number of hydrogen-bond donors (Lipinski definition) is 0. The molecular formula is C30H50. The van der Waals surface area contributed by atoms with E-state index in [-0.39, 0.29) is 0 Å². The quantitative estimate of drug-likeness (QED) is 0.349. The first-order valence-electron chi connectivity index (χ1n) is 13.6. The van der Waals surface area contributed by atoms with Crippen molar-refractivity contribution in [3.05, 3.63) is 11.1 Å². The van der Waals surface area contributed by atoms with Crippen molar-refractivity contribution >= 4 is 0 Å². The van der Waals surface area contributed by atoms with Crippen molar-refractivity contribution in [2.24, 2.45) is 50.7 Å². The Bertz CT molecular complexity index is 752. The van der Waals surface area contributed by atoms with Crippen molar-refractivity contribution in [3.8, 4) is 0 Å². The first-order chi connectivity index (χ1) is 13.9. The van der Waals surface area contributed by atoms with E-state index < -0.39 is 0 Å². The molecule has 5 rings (SSSR count). The predicted octanol–water partition coefficient (Wildman–Crippen LogP) is 9.20. The molecule has 5 aliphatic carbocycles. The predicted molar refractivity (Wildman–Crippen MR) is 129 cm³/mol. The highest BCUT2D eigenvalue weighted by atomic mass is 14.7. The Kier molecular flexibility index (Phi) is 4.61. The second-order valence-electron chi connectivity index (χ2n) is 14.6. The van der Waals surface area contributed by atoms with E-state index in [0.717, 1.165) is 23.7 Å². The van der Waals surface area contributed by atoms with Gasteiger partial charge in [-0.1, -0.05) is 59.1 Å². The average Bonchev–Trinajstić information content (AvgIpc) is 2.99. The third-order valence-electron chi connectivity index (χ3n) is 13.2. The van der Waals surface area contributed by atoms with E-state index in [2.05, 4.69) is 55.4 Å². The molecule has 0 spiro atoms. The molecule has 30 heavy (non-hydrogen) atoms. The minimum absolute atomic E-state index is 0.549. The maximum absolute atomic E-state index is 2.80. The summed E-state index contributed by atoms with van der Waals surface area (Å²) in [6.45, 7) is 21.1. The maximum atomic E-state index is 2.80.